The van der Waals surface area contributed by atoms with E-state index in [1.54, 1.807) is 0 Å². The van der Waals surface area contributed by atoms with E-state index in [-0.39, 0.29) is 17.4 Å². The van der Waals surface area contributed by atoms with Gasteiger partial charge >= 0.3 is 0 Å². The summed E-state index contributed by atoms with van der Waals surface area (Å²) in [7, 11) is 0. The van der Waals surface area contributed by atoms with E-state index in [9.17, 15) is 13.2 Å². The van der Waals surface area contributed by atoms with Crippen molar-refractivity contribution >= 4 is 0 Å². The number of alkyl halides is 3. The molecule has 0 aromatic carbocycles. The number of allylic oxidation sites excluding steroid dienone is 1. The van der Waals surface area contributed by atoms with Crippen LogP contribution < -0.4 is 0 Å². The van der Waals surface area contributed by atoms with Gasteiger partial charge in [0.15, 0.2) is 0 Å². The molecule has 1 rings (SSSR count). The summed E-state index contributed by atoms with van der Waals surface area (Å²) in [6.07, 6.45) is 0.907. The highest BCUT2D eigenvalue weighted by Gasteiger charge is 2.43. The molecule has 18 heavy (non-hydrogen) atoms. The molecule has 5 atom stereocenters. The van der Waals surface area contributed by atoms with Crippen LogP contribution in [0.3, 0.4) is 0 Å². The van der Waals surface area contributed by atoms with E-state index in [0.29, 0.717) is 18.8 Å². The van der Waals surface area contributed by atoms with E-state index in [1.807, 2.05) is 13.8 Å². The molecule has 1 aliphatic rings. The maximum absolute atomic E-state index is 14.2. The Morgan fingerprint density at radius 1 is 1.33 bits per heavy atom. The van der Waals surface area contributed by atoms with Crippen LogP contribution in [0.25, 0.3) is 0 Å². The smallest absolute Gasteiger partial charge is 0.247 e. The van der Waals surface area contributed by atoms with Crippen molar-refractivity contribution in [2.75, 3.05) is 0 Å². The molecule has 0 bridgehead atoms. The Balaban J connectivity index is 2.95. The van der Waals surface area contributed by atoms with Gasteiger partial charge in [-0.2, -0.15) is 0 Å². The largest absolute Gasteiger partial charge is 0.266 e. The van der Waals surface area contributed by atoms with Crippen LogP contribution in [0.2, 0.25) is 0 Å². The lowest BCUT2D eigenvalue weighted by atomic mass is 9.65. The van der Waals surface area contributed by atoms with Crippen LogP contribution >= 0.6 is 0 Å². The highest BCUT2D eigenvalue weighted by atomic mass is 19.3. The Hall–Kier alpha value is -0.470. The molecular weight excluding hydrogens is 237 g/mol. The van der Waals surface area contributed by atoms with Crippen molar-refractivity contribution in [1.82, 2.24) is 0 Å². The molecule has 0 aromatic rings. The predicted octanol–water partition coefficient (Wildman–Crippen LogP) is 5.24. The molecule has 1 saturated carbocycles. The molecule has 1 aliphatic carbocycles. The summed E-state index contributed by atoms with van der Waals surface area (Å²) in [4.78, 5) is 0. The molecule has 0 amide bonds. The lowest BCUT2D eigenvalue weighted by Gasteiger charge is -2.42. The SMILES string of the molecule is C=C(C(CC)C1C(F)CCC(C)C1C)C(C)(F)F. The van der Waals surface area contributed by atoms with Gasteiger partial charge in [0.1, 0.15) is 6.17 Å². The van der Waals surface area contributed by atoms with E-state index in [1.165, 1.54) is 0 Å². The summed E-state index contributed by atoms with van der Waals surface area (Å²) in [6, 6.07) is 0. The topological polar surface area (TPSA) is 0 Å². The second-order valence-electron chi connectivity index (χ2n) is 5.94. The zero-order valence-corrected chi connectivity index (χ0v) is 11.8. The van der Waals surface area contributed by atoms with Gasteiger partial charge < -0.3 is 0 Å². The van der Waals surface area contributed by atoms with Gasteiger partial charge in [-0.3, -0.25) is 0 Å². The van der Waals surface area contributed by atoms with Crippen LogP contribution in [0, 0.1) is 23.7 Å². The van der Waals surface area contributed by atoms with Gasteiger partial charge in [-0.15, -0.1) is 0 Å². The van der Waals surface area contributed by atoms with Crippen LogP contribution in [-0.2, 0) is 0 Å². The first-order valence-electron chi connectivity index (χ1n) is 6.91. The van der Waals surface area contributed by atoms with Gasteiger partial charge in [-0.05, 0) is 48.5 Å². The van der Waals surface area contributed by atoms with Gasteiger partial charge in [0.05, 0.1) is 0 Å². The first kappa shape index (κ1) is 15.6. The van der Waals surface area contributed by atoms with E-state index in [2.05, 4.69) is 13.5 Å². The third-order valence-corrected chi connectivity index (χ3v) is 4.74. The van der Waals surface area contributed by atoms with Crippen molar-refractivity contribution in [1.29, 1.82) is 0 Å². The fraction of sp³-hybridized carbons (Fsp3) is 0.867. The number of hydrogen-bond donors (Lipinski definition) is 0. The number of hydrogen-bond acceptors (Lipinski definition) is 0. The van der Waals surface area contributed by atoms with Crippen LogP contribution in [0.1, 0.15) is 47.0 Å². The molecule has 106 valence electrons. The van der Waals surface area contributed by atoms with Gasteiger partial charge in [0.2, 0.25) is 0 Å². The van der Waals surface area contributed by atoms with Gasteiger partial charge in [-0.1, -0.05) is 27.4 Å². The lowest BCUT2D eigenvalue weighted by molar-refractivity contribution is 0.00603. The Morgan fingerprint density at radius 3 is 2.33 bits per heavy atom. The molecule has 0 nitrogen and oxygen atoms in total. The highest BCUT2D eigenvalue weighted by molar-refractivity contribution is 5.13. The fourth-order valence-electron chi connectivity index (χ4n) is 3.28. The van der Waals surface area contributed by atoms with E-state index >= 15 is 0 Å². The molecule has 5 unspecified atom stereocenters. The van der Waals surface area contributed by atoms with Crippen molar-refractivity contribution < 1.29 is 13.2 Å². The average Bonchev–Trinajstić information content (AvgIpc) is 2.27. The van der Waals surface area contributed by atoms with Crippen LogP contribution in [-0.4, -0.2) is 12.1 Å². The zero-order valence-electron chi connectivity index (χ0n) is 11.8. The molecule has 0 aromatic heterocycles. The van der Waals surface area contributed by atoms with Crippen molar-refractivity contribution in [3.05, 3.63) is 12.2 Å². The van der Waals surface area contributed by atoms with Crippen molar-refractivity contribution in [3.63, 3.8) is 0 Å². The van der Waals surface area contributed by atoms with E-state index < -0.39 is 18.0 Å². The standard InChI is InChI=1S/C15H25F3/c1-6-12(11(4)15(5,17)18)14-10(3)9(2)7-8-13(14)16/h9-10,12-14H,4,6-8H2,1-3,5H3. The lowest BCUT2D eigenvalue weighted by Crippen LogP contribution is -2.40. The summed E-state index contributed by atoms with van der Waals surface area (Å²) in [5, 5.41) is 0. The molecule has 1 fully saturated rings. The van der Waals surface area contributed by atoms with Crippen molar-refractivity contribution in [3.8, 4) is 0 Å². The molecule has 0 saturated heterocycles. The normalized spacial score (nSPS) is 35.3. The summed E-state index contributed by atoms with van der Waals surface area (Å²) in [5.41, 5.74) is -0.0985. The maximum atomic E-state index is 14.2. The van der Waals surface area contributed by atoms with Crippen LogP contribution in [0.15, 0.2) is 12.2 Å². The molecule has 0 N–H and O–H groups in total. The predicted molar refractivity (Wildman–Crippen MR) is 69.5 cm³/mol. The summed E-state index contributed by atoms with van der Waals surface area (Å²) in [6.45, 7) is 10.3. The monoisotopic (exact) mass is 262 g/mol. The minimum Gasteiger partial charge on any atom is -0.247 e. The number of rotatable bonds is 4. The van der Waals surface area contributed by atoms with Crippen LogP contribution in [0.4, 0.5) is 13.2 Å². The van der Waals surface area contributed by atoms with E-state index in [0.717, 1.165) is 13.3 Å². The van der Waals surface area contributed by atoms with Crippen molar-refractivity contribution in [2.24, 2.45) is 23.7 Å². The molecule has 0 radical (unpaired) electrons. The summed E-state index contributed by atoms with van der Waals surface area (Å²) < 4.78 is 41.0. The first-order chi connectivity index (χ1) is 8.20. The summed E-state index contributed by atoms with van der Waals surface area (Å²) in [5.74, 6) is -3.11. The summed E-state index contributed by atoms with van der Waals surface area (Å²) >= 11 is 0. The zero-order chi connectivity index (χ0) is 14.1. The molecule has 0 aliphatic heterocycles. The Labute approximate surface area is 109 Å². The second kappa shape index (κ2) is 5.66. The van der Waals surface area contributed by atoms with Gasteiger partial charge in [0, 0.05) is 6.92 Å². The molecule has 0 heterocycles. The number of halogens is 3. The maximum Gasteiger partial charge on any atom is 0.266 e. The van der Waals surface area contributed by atoms with Crippen LogP contribution in [0.5, 0.6) is 0 Å². The highest BCUT2D eigenvalue weighted by Crippen LogP contribution is 2.46. The minimum atomic E-state index is -2.92. The van der Waals surface area contributed by atoms with Gasteiger partial charge in [0.25, 0.3) is 5.92 Å². The van der Waals surface area contributed by atoms with E-state index in [4.69, 9.17) is 0 Å². The first-order valence-corrected chi connectivity index (χ1v) is 6.91. The molecule has 3 heteroatoms. The third-order valence-electron chi connectivity index (χ3n) is 4.74. The quantitative estimate of drug-likeness (QED) is 0.607. The van der Waals surface area contributed by atoms with Gasteiger partial charge in [-0.25, -0.2) is 13.2 Å². The Bertz CT molecular complexity index is 293. The third kappa shape index (κ3) is 3.10. The molecule has 0 spiro atoms. The minimum absolute atomic E-state index is 0.0985. The Kier molecular flexibility index (Phi) is 4.90. The fourth-order valence-corrected chi connectivity index (χ4v) is 3.28. The van der Waals surface area contributed by atoms with Crippen molar-refractivity contribution in [2.45, 2.75) is 59.1 Å². The second-order valence-corrected chi connectivity index (χ2v) is 5.94. The molecular formula is C15H25F3. The average molecular weight is 262 g/mol. The Morgan fingerprint density at radius 2 is 1.89 bits per heavy atom.